The van der Waals surface area contributed by atoms with Crippen molar-refractivity contribution in [3.05, 3.63) is 33.9 Å². The zero-order valence-corrected chi connectivity index (χ0v) is 11.4. The molecule has 20 heavy (non-hydrogen) atoms. The van der Waals surface area contributed by atoms with Gasteiger partial charge in [0.1, 0.15) is 0 Å². The van der Waals surface area contributed by atoms with Crippen LogP contribution in [0.1, 0.15) is 36.5 Å². The molecule has 1 heterocycles. The largest absolute Gasteiger partial charge is 0.478 e. The van der Waals surface area contributed by atoms with Crippen LogP contribution in [-0.4, -0.2) is 29.1 Å². The molecule has 1 N–H and O–H groups in total. The molecule has 0 aromatic heterocycles. The van der Waals surface area contributed by atoms with Gasteiger partial charge in [0.25, 0.3) is 5.69 Å². The minimum absolute atomic E-state index is 0.0661. The van der Waals surface area contributed by atoms with Crippen molar-refractivity contribution < 1.29 is 14.8 Å². The molecule has 1 unspecified atom stereocenters. The second-order valence-electron chi connectivity index (χ2n) is 5.13. The molecule has 0 bridgehead atoms. The number of hydrogen-bond donors (Lipinski definition) is 1. The SMILES string of the molecule is CCC1CCCN(c2cc([N+](=O)[O-])ccc2C(=O)O)C1. The summed E-state index contributed by atoms with van der Waals surface area (Å²) >= 11 is 0. The van der Waals surface area contributed by atoms with E-state index in [0.717, 1.165) is 32.4 Å². The maximum absolute atomic E-state index is 11.3. The van der Waals surface area contributed by atoms with Gasteiger partial charge in [-0.2, -0.15) is 0 Å². The number of carbonyl (C=O) groups is 1. The molecule has 1 saturated heterocycles. The summed E-state index contributed by atoms with van der Waals surface area (Å²) in [5.74, 6) is -0.529. The number of hydrogen-bond acceptors (Lipinski definition) is 4. The Kier molecular flexibility index (Phi) is 4.22. The monoisotopic (exact) mass is 278 g/mol. The average molecular weight is 278 g/mol. The van der Waals surface area contributed by atoms with E-state index in [9.17, 15) is 20.0 Å². The van der Waals surface area contributed by atoms with Gasteiger partial charge in [-0.15, -0.1) is 0 Å². The van der Waals surface area contributed by atoms with Crippen LogP contribution in [0.5, 0.6) is 0 Å². The number of benzene rings is 1. The summed E-state index contributed by atoms with van der Waals surface area (Å²) in [6, 6.07) is 3.95. The number of anilines is 1. The third-order valence-electron chi connectivity index (χ3n) is 3.86. The highest BCUT2D eigenvalue weighted by Gasteiger charge is 2.24. The molecule has 1 aliphatic rings. The Morgan fingerprint density at radius 3 is 2.90 bits per heavy atom. The van der Waals surface area contributed by atoms with Crippen molar-refractivity contribution in [1.82, 2.24) is 0 Å². The normalized spacial score (nSPS) is 18.9. The zero-order valence-electron chi connectivity index (χ0n) is 11.4. The summed E-state index contributed by atoms with van der Waals surface area (Å²) < 4.78 is 0. The molecule has 0 radical (unpaired) electrons. The molecule has 0 spiro atoms. The van der Waals surface area contributed by atoms with Crippen LogP contribution in [-0.2, 0) is 0 Å². The fraction of sp³-hybridized carbons (Fsp3) is 0.500. The number of nitro groups is 1. The summed E-state index contributed by atoms with van der Waals surface area (Å²) in [5, 5.41) is 20.1. The number of nitrogens with zero attached hydrogens (tertiary/aromatic N) is 2. The molecule has 0 aliphatic carbocycles. The highest BCUT2D eigenvalue weighted by Crippen LogP contribution is 2.30. The molecular weight excluding hydrogens is 260 g/mol. The van der Waals surface area contributed by atoms with Gasteiger partial charge in [0.2, 0.25) is 0 Å². The quantitative estimate of drug-likeness (QED) is 0.676. The zero-order chi connectivity index (χ0) is 14.7. The van der Waals surface area contributed by atoms with Crippen LogP contribution >= 0.6 is 0 Å². The van der Waals surface area contributed by atoms with Gasteiger partial charge >= 0.3 is 5.97 Å². The lowest BCUT2D eigenvalue weighted by Crippen LogP contribution is -2.36. The molecule has 108 valence electrons. The van der Waals surface area contributed by atoms with Crippen molar-refractivity contribution >= 4 is 17.3 Å². The first kappa shape index (κ1) is 14.3. The van der Waals surface area contributed by atoms with Gasteiger partial charge in [0.05, 0.1) is 16.2 Å². The number of carboxylic acids is 1. The molecule has 0 amide bonds. The van der Waals surface area contributed by atoms with Crippen molar-refractivity contribution in [2.75, 3.05) is 18.0 Å². The molecule has 1 fully saturated rings. The van der Waals surface area contributed by atoms with E-state index in [1.807, 2.05) is 4.90 Å². The lowest BCUT2D eigenvalue weighted by molar-refractivity contribution is -0.384. The third kappa shape index (κ3) is 2.89. The highest BCUT2D eigenvalue weighted by atomic mass is 16.6. The Bertz CT molecular complexity index is 530. The number of piperidine rings is 1. The van der Waals surface area contributed by atoms with Gasteiger partial charge < -0.3 is 10.0 Å². The van der Waals surface area contributed by atoms with Crippen LogP contribution in [0.3, 0.4) is 0 Å². The molecule has 1 aromatic carbocycles. The molecule has 6 nitrogen and oxygen atoms in total. The van der Waals surface area contributed by atoms with E-state index < -0.39 is 10.9 Å². The Morgan fingerprint density at radius 2 is 2.30 bits per heavy atom. The first-order chi connectivity index (χ1) is 9.52. The van der Waals surface area contributed by atoms with Crippen LogP contribution in [0.25, 0.3) is 0 Å². The number of carboxylic acid groups (broad SMARTS) is 1. The summed E-state index contributed by atoms with van der Waals surface area (Å²) in [4.78, 5) is 23.7. The fourth-order valence-corrected chi connectivity index (χ4v) is 2.69. The predicted molar refractivity (Wildman–Crippen MR) is 75.3 cm³/mol. The van der Waals surface area contributed by atoms with E-state index in [2.05, 4.69) is 6.92 Å². The standard InChI is InChI=1S/C14H18N2O4/c1-2-10-4-3-7-15(9-10)13-8-11(16(19)20)5-6-12(13)14(17)18/h5-6,8,10H,2-4,7,9H2,1H3,(H,17,18). The first-order valence-electron chi connectivity index (χ1n) is 6.79. The second-order valence-corrected chi connectivity index (χ2v) is 5.13. The molecule has 1 aromatic rings. The molecule has 2 rings (SSSR count). The van der Waals surface area contributed by atoms with Crippen LogP contribution in [0, 0.1) is 16.0 Å². The van der Waals surface area contributed by atoms with E-state index in [4.69, 9.17) is 0 Å². The Labute approximate surface area is 117 Å². The van der Waals surface area contributed by atoms with Gasteiger partial charge in [-0.05, 0) is 24.8 Å². The summed E-state index contributed by atoms with van der Waals surface area (Å²) in [5.41, 5.74) is 0.529. The number of rotatable bonds is 4. The Hall–Kier alpha value is -2.11. The average Bonchev–Trinajstić information content (AvgIpc) is 2.46. The molecular formula is C14H18N2O4. The van der Waals surface area contributed by atoms with Gasteiger partial charge in [-0.25, -0.2) is 4.79 Å². The maximum Gasteiger partial charge on any atom is 0.337 e. The van der Waals surface area contributed by atoms with E-state index in [0.29, 0.717) is 11.6 Å². The predicted octanol–water partition coefficient (Wildman–Crippen LogP) is 2.92. The van der Waals surface area contributed by atoms with Crippen molar-refractivity contribution in [3.63, 3.8) is 0 Å². The van der Waals surface area contributed by atoms with E-state index >= 15 is 0 Å². The van der Waals surface area contributed by atoms with Crippen molar-refractivity contribution in [2.24, 2.45) is 5.92 Å². The third-order valence-corrected chi connectivity index (χ3v) is 3.86. The fourth-order valence-electron chi connectivity index (χ4n) is 2.69. The van der Waals surface area contributed by atoms with E-state index in [1.54, 1.807) is 0 Å². The smallest absolute Gasteiger partial charge is 0.337 e. The molecule has 1 atom stereocenters. The number of non-ortho nitro benzene ring substituents is 1. The summed E-state index contributed by atoms with van der Waals surface area (Å²) in [6.45, 7) is 3.62. The summed E-state index contributed by atoms with van der Waals surface area (Å²) in [7, 11) is 0. The van der Waals surface area contributed by atoms with Gasteiger partial charge in [0.15, 0.2) is 0 Å². The first-order valence-corrected chi connectivity index (χ1v) is 6.79. The van der Waals surface area contributed by atoms with Crippen LogP contribution < -0.4 is 4.90 Å². The van der Waals surface area contributed by atoms with Crippen LogP contribution in [0.15, 0.2) is 18.2 Å². The number of nitro benzene ring substituents is 1. The Balaban J connectivity index is 2.38. The van der Waals surface area contributed by atoms with Crippen molar-refractivity contribution in [2.45, 2.75) is 26.2 Å². The van der Waals surface area contributed by atoms with Crippen LogP contribution in [0.4, 0.5) is 11.4 Å². The topological polar surface area (TPSA) is 83.7 Å². The lowest BCUT2D eigenvalue weighted by Gasteiger charge is -2.34. The van der Waals surface area contributed by atoms with Gasteiger partial charge in [-0.1, -0.05) is 13.3 Å². The Morgan fingerprint density at radius 1 is 1.55 bits per heavy atom. The molecule has 1 aliphatic heterocycles. The van der Waals surface area contributed by atoms with E-state index in [1.165, 1.54) is 18.2 Å². The van der Waals surface area contributed by atoms with Gasteiger partial charge in [0, 0.05) is 25.2 Å². The highest BCUT2D eigenvalue weighted by molar-refractivity contribution is 5.95. The lowest BCUT2D eigenvalue weighted by atomic mass is 9.94. The maximum atomic E-state index is 11.3. The van der Waals surface area contributed by atoms with Crippen molar-refractivity contribution in [3.8, 4) is 0 Å². The van der Waals surface area contributed by atoms with E-state index in [-0.39, 0.29) is 11.3 Å². The van der Waals surface area contributed by atoms with Gasteiger partial charge in [-0.3, -0.25) is 10.1 Å². The van der Waals surface area contributed by atoms with Crippen LogP contribution in [0.2, 0.25) is 0 Å². The number of aromatic carboxylic acids is 1. The van der Waals surface area contributed by atoms with Crippen molar-refractivity contribution in [1.29, 1.82) is 0 Å². The summed E-state index contributed by atoms with van der Waals surface area (Å²) in [6.07, 6.45) is 3.15. The second kappa shape index (κ2) is 5.90. The minimum Gasteiger partial charge on any atom is -0.478 e. The minimum atomic E-state index is -1.05. The molecule has 0 saturated carbocycles. The molecule has 6 heteroatoms.